The van der Waals surface area contributed by atoms with Gasteiger partial charge in [0.25, 0.3) is 0 Å². The summed E-state index contributed by atoms with van der Waals surface area (Å²) in [5.41, 5.74) is 2.14. The molecule has 3 heteroatoms. The van der Waals surface area contributed by atoms with Gasteiger partial charge in [-0.15, -0.1) is 0 Å². The zero-order valence-electron chi connectivity index (χ0n) is 7.01. The highest BCUT2D eigenvalue weighted by Crippen LogP contribution is 2.23. The van der Waals surface area contributed by atoms with Gasteiger partial charge in [0.15, 0.2) is 0 Å². The summed E-state index contributed by atoms with van der Waals surface area (Å²) < 4.78 is 1.15. The monoisotopic (exact) mass is 303 g/mol. The van der Waals surface area contributed by atoms with Gasteiger partial charge in [-0.1, -0.05) is 11.6 Å². The third-order valence-electron chi connectivity index (χ3n) is 1.94. The van der Waals surface area contributed by atoms with Gasteiger partial charge in [0, 0.05) is 20.2 Å². The van der Waals surface area contributed by atoms with Crippen molar-refractivity contribution in [1.82, 2.24) is 4.98 Å². The molecule has 0 unspecified atom stereocenters. The average molecular weight is 304 g/mol. The van der Waals surface area contributed by atoms with Crippen molar-refractivity contribution in [1.29, 1.82) is 0 Å². The van der Waals surface area contributed by atoms with Crippen molar-refractivity contribution in [3.63, 3.8) is 0 Å². The molecule has 0 fully saturated rings. The molecule has 1 aromatic heterocycles. The highest BCUT2D eigenvalue weighted by atomic mass is 127. The summed E-state index contributed by atoms with van der Waals surface area (Å²) in [5.74, 6) is 0. The summed E-state index contributed by atoms with van der Waals surface area (Å²) in [6, 6.07) is 5.97. The number of aromatic nitrogens is 1. The lowest BCUT2D eigenvalue weighted by atomic mass is 10.1. The van der Waals surface area contributed by atoms with E-state index in [4.69, 9.17) is 11.6 Å². The van der Waals surface area contributed by atoms with Gasteiger partial charge in [0.05, 0.1) is 5.52 Å². The van der Waals surface area contributed by atoms with Crippen molar-refractivity contribution in [2.45, 2.75) is 6.92 Å². The number of aryl methyl sites for hydroxylation is 1. The maximum absolute atomic E-state index is 5.92. The summed E-state index contributed by atoms with van der Waals surface area (Å²) >= 11 is 8.18. The Labute approximate surface area is 95.3 Å². The molecule has 0 atom stereocenters. The van der Waals surface area contributed by atoms with E-state index < -0.39 is 0 Å². The first-order chi connectivity index (χ1) is 6.16. The van der Waals surface area contributed by atoms with E-state index in [9.17, 15) is 0 Å². The number of nitrogens with zero attached hydrogens (tertiary/aromatic N) is 1. The Hall–Kier alpha value is -0.350. The van der Waals surface area contributed by atoms with E-state index in [1.54, 1.807) is 0 Å². The van der Waals surface area contributed by atoms with Crippen molar-refractivity contribution >= 4 is 45.1 Å². The second kappa shape index (κ2) is 3.42. The molecular weight excluding hydrogens is 296 g/mol. The van der Waals surface area contributed by atoms with E-state index in [2.05, 4.69) is 33.6 Å². The van der Waals surface area contributed by atoms with Crippen LogP contribution < -0.4 is 0 Å². The number of pyridine rings is 1. The molecule has 1 heterocycles. The SMILES string of the molecule is Cc1cc(Cl)cc2ncc(I)cc12. The second-order valence-electron chi connectivity index (χ2n) is 2.94. The quantitative estimate of drug-likeness (QED) is 0.675. The smallest absolute Gasteiger partial charge is 0.0720 e. The number of halogens is 2. The molecule has 0 bridgehead atoms. The molecule has 0 N–H and O–H groups in total. The first-order valence-electron chi connectivity index (χ1n) is 3.88. The van der Waals surface area contributed by atoms with Gasteiger partial charge in [0.2, 0.25) is 0 Å². The maximum Gasteiger partial charge on any atom is 0.0720 e. The molecule has 13 heavy (non-hydrogen) atoms. The maximum atomic E-state index is 5.92. The first kappa shape index (κ1) is 9.21. The predicted octanol–water partition coefficient (Wildman–Crippen LogP) is 3.80. The van der Waals surface area contributed by atoms with Crippen molar-refractivity contribution in [3.05, 3.63) is 38.6 Å². The highest BCUT2D eigenvalue weighted by Gasteiger charge is 2.00. The Balaban J connectivity index is 2.87. The molecule has 0 aliphatic rings. The minimum Gasteiger partial charge on any atom is -0.255 e. The number of hydrogen-bond donors (Lipinski definition) is 0. The molecule has 0 spiro atoms. The lowest BCUT2D eigenvalue weighted by Gasteiger charge is -2.02. The van der Waals surface area contributed by atoms with Crippen LogP contribution in [0.25, 0.3) is 10.9 Å². The standard InChI is InChI=1S/C10H7ClIN/c1-6-2-7(11)3-10-9(6)4-8(12)5-13-10/h2-5H,1H3. The molecule has 2 rings (SSSR count). The predicted molar refractivity (Wildman–Crippen MR) is 64.2 cm³/mol. The van der Waals surface area contributed by atoms with Gasteiger partial charge < -0.3 is 0 Å². The molecular formula is C10H7ClIN. The third kappa shape index (κ3) is 1.79. The van der Waals surface area contributed by atoms with E-state index in [1.165, 1.54) is 10.9 Å². The van der Waals surface area contributed by atoms with Crippen LogP contribution in [0.15, 0.2) is 24.4 Å². The fourth-order valence-electron chi connectivity index (χ4n) is 1.34. The van der Waals surface area contributed by atoms with Gasteiger partial charge in [-0.3, -0.25) is 4.98 Å². The summed E-state index contributed by atoms with van der Waals surface area (Å²) in [6.45, 7) is 2.05. The number of rotatable bonds is 0. The van der Waals surface area contributed by atoms with Crippen LogP contribution in [0, 0.1) is 10.5 Å². The lowest BCUT2D eigenvalue weighted by Crippen LogP contribution is -1.84. The van der Waals surface area contributed by atoms with E-state index in [0.29, 0.717) is 0 Å². The molecule has 0 amide bonds. The number of benzene rings is 1. The van der Waals surface area contributed by atoms with Gasteiger partial charge in [-0.2, -0.15) is 0 Å². The number of hydrogen-bond acceptors (Lipinski definition) is 1. The Morgan fingerprint density at radius 2 is 2.08 bits per heavy atom. The molecule has 0 aliphatic heterocycles. The minimum atomic E-state index is 0.749. The zero-order chi connectivity index (χ0) is 9.42. The van der Waals surface area contributed by atoms with Crippen LogP contribution in [0.4, 0.5) is 0 Å². The molecule has 2 aromatic rings. The van der Waals surface area contributed by atoms with Gasteiger partial charge in [-0.25, -0.2) is 0 Å². The van der Waals surface area contributed by atoms with Crippen molar-refractivity contribution in [2.75, 3.05) is 0 Å². The summed E-state index contributed by atoms with van der Waals surface area (Å²) in [7, 11) is 0. The van der Waals surface area contributed by atoms with Crippen molar-refractivity contribution in [3.8, 4) is 0 Å². The van der Waals surface area contributed by atoms with Crippen LogP contribution in [0.2, 0.25) is 5.02 Å². The summed E-state index contributed by atoms with van der Waals surface area (Å²) in [4.78, 5) is 4.31. The Morgan fingerprint density at radius 3 is 2.85 bits per heavy atom. The fraction of sp³-hybridized carbons (Fsp3) is 0.100. The van der Waals surface area contributed by atoms with Crippen LogP contribution in [0.5, 0.6) is 0 Å². The lowest BCUT2D eigenvalue weighted by molar-refractivity contribution is 1.37. The minimum absolute atomic E-state index is 0.749. The van der Waals surface area contributed by atoms with E-state index >= 15 is 0 Å². The largest absolute Gasteiger partial charge is 0.255 e. The second-order valence-corrected chi connectivity index (χ2v) is 4.62. The van der Waals surface area contributed by atoms with Gasteiger partial charge >= 0.3 is 0 Å². The molecule has 66 valence electrons. The van der Waals surface area contributed by atoms with Crippen LogP contribution >= 0.6 is 34.2 Å². The molecule has 1 aromatic carbocycles. The van der Waals surface area contributed by atoms with Crippen molar-refractivity contribution < 1.29 is 0 Å². The van der Waals surface area contributed by atoms with Gasteiger partial charge in [-0.05, 0) is 53.3 Å². The summed E-state index contributed by atoms with van der Waals surface area (Å²) in [6.07, 6.45) is 1.85. The van der Waals surface area contributed by atoms with E-state index in [-0.39, 0.29) is 0 Å². The Morgan fingerprint density at radius 1 is 1.31 bits per heavy atom. The summed E-state index contributed by atoms with van der Waals surface area (Å²) in [5, 5.41) is 1.93. The van der Waals surface area contributed by atoms with Crippen LogP contribution in [-0.2, 0) is 0 Å². The Bertz CT molecular complexity index is 468. The average Bonchev–Trinajstić information content (AvgIpc) is 2.06. The molecule has 0 saturated carbocycles. The normalized spacial score (nSPS) is 10.7. The van der Waals surface area contributed by atoms with Crippen LogP contribution in [-0.4, -0.2) is 4.98 Å². The molecule has 0 aliphatic carbocycles. The molecule has 1 nitrogen and oxygen atoms in total. The molecule has 0 saturated heterocycles. The van der Waals surface area contributed by atoms with Crippen LogP contribution in [0.3, 0.4) is 0 Å². The first-order valence-corrected chi connectivity index (χ1v) is 5.34. The Kier molecular flexibility index (Phi) is 2.43. The third-order valence-corrected chi connectivity index (χ3v) is 2.75. The fourth-order valence-corrected chi connectivity index (χ4v) is 2.06. The van der Waals surface area contributed by atoms with E-state index in [1.807, 2.05) is 25.3 Å². The topological polar surface area (TPSA) is 12.9 Å². The van der Waals surface area contributed by atoms with Crippen LogP contribution in [0.1, 0.15) is 5.56 Å². The highest BCUT2D eigenvalue weighted by molar-refractivity contribution is 14.1. The van der Waals surface area contributed by atoms with Gasteiger partial charge in [0.1, 0.15) is 0 Å². The number of fused-ring (bicyclic) bond motifs is 1. The molecule has 0 radical (unpaired) electrons. The van der Waals surface area contributed by atoms with E-state index in [0.717, 1.165) is 14.1 Å². The van der Waals surface area contributed by atoms with Crippen molar-refractivity contribution in [2.24, 2.45) is 0 Å². The zero-order valence-corrected chi connectivity index (χ0v) is 9.93.